The molecule has 0 saturated heterocycles. The Bertz CT molecular complexity index is 527. The van der Waals surface area contributed by atoms with E-state index in [1.54, 1.807) is 0 Å². The molecule has 0 bridgehead atoms. The quantitative estimate of drug-likeness (QED) is 0.835. The lowest BCUT2D eigenvalue weighted by Crippen LogP contribution is -2.15. The normalized spacial score (nSPS) is 12.6. The minimum Gasteiger partial charge on any atom is -0.367 e. The van der Waals surface area contributed by atoms with Gasteiger partial charge in [0.15, 0.2) is 5.82 Å². The molecule has 0 fully saturated rings. The van der Waals surface area contributed by atoms with Gasteiger partial charge in [0.05, 0.1) is 11.1 Å². The van der Waals surface area contributed by atoms with E-state index in [1.165, 1.54) is 0 Å². The zero-order valence-electron chi connectivity index (χ0n) is 10.8. The van der Waals surface area contributed by atoms with Crippen molar-refractivity contribution >= 4 is 28.2 Å². The summed E-state index contributed by atoms with van der Waals surface area (Å²) >= 11 is 6.20. The van der Waals surface area contributed by atoms with Crippen LogP contribution in [0.5, 0.6) is 0 Å². The molecule has 3 nitrogen and oxygen atoms in total. The van der Waals surface area contributed by atoms with Gasteiger partial charge in [0.25, 0.3) is 0 Å². The number of benzene rings is 1. The van der Waals surface area contributed by atoms with Gasteiger partial charge in [0.1, 0.15) is 0 Å². The minimum atomic E-state index is 0.136. The van der Waals surface area contributed by atoms with E-state index in [0.29, 0.717) is 0 Å². The third-order valence-electron chi connectivity index (χ3n) is 2.96. The van der Waals surface area contributed by atoms with E-state index in [4.69, 9.17) is 11.6 Å². The number of aromatic nitrogens is 2. The minimum absolute atomic E-state index is 0.136. The van der Waals surface area contributed by atoms with Crippen molar-refractivity contribution < 1.29 is 0 Å². The van der Waals surface area contributed by atoms with E-state index in [9.17, 15) is 0 Å². The predicted octanol–water partition coefficient (Wildman–Crippen LogP) is 3.76. The Hall–Kier alpha value is -1.35. The molecule has 4 heteroatoms. The molecule has 2 rings (SSSR count). The first-order valence-electron chi connectivity index (χ1n) is 6.32. The van der Waals surface area contributed by atoms with Gasteiger partial charge >= 0.3 is 0 Å². The molecule has 18 heavy (non-hydrogen) atoms. The van der Waals surface area contributed by atoms with Crippen LogP contribution >= 0.6 is 11.6 Å². The third-order valence-corrected chi connectivity index (χ3v) is 3.34. The number of halogens is 1. The van der Waals surface area contributed by atoms with Crippen LogP contribution in [0.2, 0.25) is 0 Å². The van der Waals surface area contributed by atoms with Crippen LogP contribution in [0, 0.1) is 6.92 Å². The van der Waals surface area contributed by atoms with Crippen LogP contribution in [0.15, 0.2) is 24.3 Å². The molecule has 0 spiro atoms. The van der Waals surface area contributed by atoms with E-state index >= 15 is 0 Å². The number of hydrogen-bond acceptors (Lipinski definition) is 3. The van der Waals surface area contributed by atoms with Crippen LogP contribution in [-0.4, -0.2) is 22.1 Å². The Morgan fingerprint density at radius 1 is 1.22 bits per heavy atom. The molecule has 0 radical (unpaired) electrons. The summed E-state index contributed by atoms with van der Waals surface area (Å²) in [7, 11) is 0. The second-order valence-electron chi connectivity index (χ2n) is 4.45. The third kappa shape index (κ3) is 2.91. The molecule has 1 atom stereocenters. The largest absolute Gasteiger partial charge is 0.367 e. The van der Waals surface area contributed by atoms with Crippen LogP contribution in [0.3, 0.4) is 0 Å². The fraction of sp³-hybridized carbons (Fsp3) is 0.429. The van der Waals surface area contributed by atoms with Crippen molar-refractivity contribution in [3.05, 3.63) is 30.0 Å². The van der Waals surface area contributed by atoms with Crippen LogP contribution in [0.25, 0.3) is 10.8 Å². The van der Waals surface area contributed by atoms with Crippen LogP contribution in [-0.2, 0) is 0 Å². The number of fused-ring (bicyclic) bond motifs is 1. The standard InChI is InChI=1S/C14H18ClN3/c1-3-6-11(15)9-16-14-13-8-5-4-7-12(13)10(2)17-18-14/h4-5,7-8,11H,3,6,9H2,1-2H3,(H,16,18). The Balaban J connectivity index is 2.21. The highest BCUT2D eigenvalue weighted by Gasteiger charge is 2.08. The average molecular weight is 264 g/mol. The summed E-state index contributed by atoms with van der Waals surface area (Å²) in [5.41, 5.74) is 0.951. The van der Waals surface area contributed by atoms with Crippen molar-refractivity contribution in [2.75, 3.05) is 11.9 Å². The van der Waals surface area contributed by atoms with Gasteiger partial charge in [-0.1, -0.05) is 37.6 Å². The summed E-state index contributed by atoms with van der Waals surface area (Å²) in [4.78, 5) is 0. The summed E-state index contributed by atoms with van der Waals surface area (Å²) < 4.78 is 0. The maximum atomic E-state index is 6.20. The lowest BCUT2D eigenvalue weighted by molar-refractivity contribution is 0.749. The summed E-state index contributed by atoms with van der Waals surface area (Å²) in [6, 6.07) is 8.15. The monoisotopic (exact) mass is 263 g/mol. The number of alkyl halides is 1. The SMILES string of the molecule is CCCC(Cl)CNc1nnc(C)c2ccccc12. The highest BCUT2D eigenvalue weighted by atomic mass is 35.5. The molecule has 0 amide bonds. The van der Waals surface area contributed by atoms with Crippen LogP contribution in [0.1, 0.15) is 25.5 Å². The number of nitrogens with one attached hydrogen (secondary N) is 1. The maximum absolute atomic E-state index is 6.20. The summed E-state index contributed by atoms with van der Waals surface area (Å²) in [6.45, 7) is 4.83. The van der Waals surface area contributed by atoms with Crippen molar-refractivity contribution in [1.82, 2.24) is 10.2 Å². The van der Waals surface area contributed by atoms with E-state index < -0.39 is 0 Å². The summed E-state index contributed by atoms with van der Waals surface area (Å²) in [5, 5.41) is 14.1. The maximum Gasteiger partial charge on any atom is 0.156 e. The molecule has 96 valence electrons. The van der Waals surface area contributed by atoms with Crippen LogP contribution < -0.4 is 5.32 Å². The lowest BCUT2D eigenvalue weighted by Gasteiger charge is -2.12. The molecule has 1 N–H and O–H groups in total. The molecule has 0 aliphatic carbocycles. The van der Waals surface area contributed by atoms with Gasteiger partial charge in [0.2, 0.25) is 0 Å². The first-order chi connectivity index (χ1) is 8.72. The molecule has 1 heterocycles. The second-order valence-corrected chi connectivity index (χ2v) is 5.06. The molecule has 1 aromatic heterocycles. The Kier molecular flexibility index (Phi) is 4.37. The smallest absolute Gasteiger partial charge is 0.156 e. The summed E-state index contributed by atoms with van der Waals surface area (Å²) in [5.74, 6) is 0.818. The number of nitrogens with zero attached hydrogens (tertiary/aromatic N) is 2. The average Bonchev–Trinajstić information content (AvgIpc) is 2.39. The number of rotatable bonds is 5. The lowest BCUT2D eigenvalue weighted by atomic mass is 10.1. The first kappa shape index (κ1) is 13.1. The van der Waals surface area contributed by atoms with Crippen molar-refractivity contribution in [2.24, 2.45) is 0 Å². The van der Waals surface area contributed by atoms with Gasteiger partial charge in [-0.25, -0.2) is 0 Å². The zero-order chi connectivity index (χ0) is 13.0. The molecule has 0 aliphatic heterocycles. The summed E-state index contributed by atoms with van der Waals surface area (Å²) in [6.07, 6.45) is 2.10. The van der Waals surface area contributed by atoms with Gasteiger partial charge < -0.3 is 5.32 Å². The molecule has 1 unspecified atom stereocenters. The zero-order valence-corrected chi connectivity index (χ0v) is 11.5. The highest BCUT2D eigenvalue weighted by Crippen LogP contribution is 2.22. The Morgan fingerprint density at radius 3 is 2.67 bits per heavy atom. The Morgan fingerprint density at radius 2 is 1.94 bits per heavy atom. The fourth-order valence-corrected chi connectivity index (χ4v) is 2.29. The van der Waals surface area contributed by atoms with Crippen molar-refractivity contribution in [1.29, 1.82) is 0 Å². The molecular formula is C14H18ClN3. The van der Waals surface area contributed by atoms with Crippen molar-refractivity contribution in [3.63, 3.8) is 0 Å². The predicted molar refractivity (Wildman–Crippen MR) is 77.3 cm³/mol. The fourth-order valence-electron chi connectivity index (χ4n) is 1.99. The van der Waals surface area contributed by atoms with Gasteiger partial charge in [0, 0.05) is 17.3 Å². The van der Waals surface area contributed by atoms with Crippen LogP contribution in [0.4, 0.5) is 5.82 Å². The second kappa shape index (κ2) is 6.01. The molecular weight excluding hydrogens is 246 g/mol. The van der Waals surface area contributed by atoms with Gasteiger partial charge in [-0.2, -0.15) is 5.10 Å². The van der Waals surface area contributed by atoms with E-state index in [0.717, 1.165) is 41.7 Å². The van der Waals surface area contributed by atoms with Crippen molar-refractivity contribution in [3.8, 4) is 0 Å². The first-order valence-corrected chi connectivity index (χ1v) is 6.76. The topological polar surface area (TPSA) is 37.8 Å². The Labute approximate surface area is 113 Å². The van der Waals surface area contributed by atoms with E-state index in [1.807, 2.05) is 19.1 Å². The highest BCUT2D eigenvalue weighted by molar-refractivity contribution is 6.20. The molecule has 2 aromatic rings. The van der Waals surface area contributed by atoms with Crippen molar-refractivity contribution in [2.45, 2.75) is 32.1 Å². The molecule has 0 aliphatic rings. The number of aryl methyl sites for hydroxylation is 1. The number of hydrogen-bond donors (Lipinski definition) is 1. The van der Waals surface area contributed by atoms with E-state index in [-0.39, 0.29) is 5.38 Å². The van der Waals surface area contributed by atoms with Gasteiger partial charge in [-0.05, 0) is 13.3 Å². The van der Waals surface area contributed by atoms with E-state index in [2.05, 4.69) is 34.6 Å². The molecule has 1 aromatic carbocycles. The van der Waals surface area contributed by atoms with Gasteiger partial charge in [-0.15, -0.1) is 16.7 Å². The molecule has 0 saturated carbocycles. The van der Waals surface area contributed by atoms with Gasteiger partial charge in [-0.3, -0.25) is 0 Å². The number of anilines is 1.